The van der Waals surface area contributed by atoms with E-state index in [2.05, 4.69) is 107 Å². The summed E-state index contributed by atoms with van der Waals surface area (Å²) in [7, 11) is -1.19. The normalized spacial score (nSPS) is 19.4. The van der Waals surface area contributed by atoms with Gasteiger partial charge in [0.15, 0.2) is 0 Å². The van der Waals surface area contributed by atoms with Gasteiger partial charge in [-0.05, 0) is 20.3 Å². The molecule has 2 aromatic carbocycles. The summed E-state index contributed by atoms with van der Waals surface area (Å²) >= 11 is 0. The van der Waals surface area contributed by atoms with Gasteiger partial charge in [0.05, 0.1) is 0 Å². The van der Waals surface area contributed by atoms with Crippen LogP contribution in [0.25, 0.3) is 0 Å². The predicted molar refractivity (Wildman–Crippen MR) is 123 cm³/mol. The first-order chi connectivity index (χ1) is 13.5. The monoisotopic (exact) mass is 540 g/mol. The second kappa shape index (κ2) is 11.3. The largest absolute Gasteiger partial charge is 3.00 e. The number of aryl methyl sites for hydroxylation is 2. The molecule has 2 radical (unpaired) electrons. The van der Waals surface area contributed by atoms with Gasteiger partial charge in [0.25, 0.3) is 0 Å². The number of hydrogen-bond acceptors (Lipinski definition) is 0. The number of hydrogen-bond donors (Lipinski definition) is 0. The molecule has 4 rings (SSSR count). The van der Waals surface area contributed by atoms with E-state index in [0.717, 1.165) is 6.42 Å². The first kappa shape index (κ1) is 28.1. The molecule has 0 fully saturated rings. The minimum Gasteiger partial charge on any atom is -1.00 e. The number of allylic oxidation sites excluding steroid dienone is 8. The molecule has 0 aromatic heterocycles. The standard InChI is InChI=1S/C27H28Si.2ClH.Zr/c1-19-12-6-10-16-25(19)28(26-17-11-7-13-20(26)2)27(24-14-8-9-15-24)18-21(3)22(4)23(27)5;;;/h6-14,16-17H,15H2,1-5H3;2*1H;/q-1;;;+3/p-2. The summed E-state index contributed by atoms with van der Waals surface area (Å²) in [6.45, 7) is 11.4. The summed E-state index contributed by atoms with van der Waals surface area (Å²) in [6, 6.07) is 18.0. The van der Waals surface area contributed by atoms with E-state index in [1.807, 2.05) is 0 Å². The average Bonchev–Trinajstić information content (AvgIpc) is 3.30. The van der Waals surface area contributed by atoms with Gasteiger partial charge in [-0.2, -0.15) is 11.1 Å². The fourth-order valence-electron chi connectivity index (χ4n) is 4.74. The van der Waals surface area contributed by atoms with Crippen LogP contribution >= 0.6 is 0 Å². The van der Waals surface area contributed by atoms with Crippen molar-refractivity contribution in [2.75, 3.05) is 0 Å². The van der Waals surface area contributed by atoms with Crippen LogP contribution in [0.2, 0.25) is 5.04 Å². The number of benzene rings is 2. The summed E-state index contributed by atoms with van der Waals surface area (Å²) < 4.78 is 0. The second-order valence-electron chi connectivity index (χ2n) is 8.08. The van der Waals surface area contributed by atoms with Crippen molar-refractivity contribution in [1.82, 2.24) is 0 Å². The van der Waals surface area contributed by atoms with Gasteiger partial charge in [-0.3, -0.25) is 6.08 Å². The molecule has 2 aliphatic carbocycles. The van der Waals surface area contributed by atoms with Crippen LogP contribution in [0, 0.1) is 19.9 Å². The minimum absolute atomic E-state index is 0. The molecule has 0 spiro atoms. The molecular weight excluding hydrogens is 515 g/mol. The van der Waals surface area contributed by atoms with E-state index in [9.17, 15) is 0 Å². The van der Waals surface area contributed by atoms with Crippen molar-refractivity contribution in [1.29, 1.82) is 0 Å². The molecule has 4 heteroatoms. The fraction of sp³-hybridized carbons (Fsp3) is 0.259. The Bertz CT molecular complexity index is 1020. The van der Waals surface area contributed by atoms with E-state index >= 15 is 0 Å². The van der Waals surface area contributed by atoms with Crippen molar-refractivity contribution < 1.29 is 51.0 Å². The summed E-state index contributed by atoms with van der Waals surface area (Å²) in [5.41, 5.74) is 8.50. The van der Waals surface area contributed by atoms with E-state index in [0.29, 0.717) is 0 Å². The smallest absolute Gasteiger partial charge is 1.00 e. The van der Waals surface area contributed by atoms with E-state index < -0.39 is 8.80 Å². The molecule has 31 heavy (non-hydrogen) atoms. The Hall–Kier alpha value is -0.920. The topological polar surface area (TPSA) is 0 Å². The van der Waals surface area contributed by atoms with Crippen LogP contribution in [0.4, 0.5) is 0 Å². The van der Waals surface area contributed by atoms with Crippen molar-refractivity contribution in [3.05, 3.63) is 106 Å². The summed E-state index contributed by atoms with van der Waals surface area (Å²) in [4.78, 5) is 0. The Kier molecular flexibility index (Phi) is 10.2. The van der Waals surface area contributed by atoms with Crippen molar-refractivity contribution >= 4 is 19.2 Å². The van der Waals surface area contributed by atoms with Crippen LogP contribution in [-0.2, 0) is 26.2 Å². The SMILES string of the molecule is CC1=[C-]C(C2=CC=CC2)([Si](c2ccccc2C)c2ccccc2C)C(C)=C1C.[Cl-].[Cl-].[Zr+3]. The molecule has 0 bridgehead atoms. The van der Waals surface area contributed by atoms with Crippen molar-refractivity contribution in [2.24, 2.45) is 0 Å². The van der Waals surface area contributed by atoms with Gasteiger partial charge in [-0.15, -0.1) is 6.92 Å². The quantitative estimate of drug-likeness (QED) is 0.366. The van der Waals surface area contributed by atoms with E-state index in [-0.39, 0.29) is 56.1 Å². The van der Waals surface area contributed by atoms with Gasteiger partial charge >= 0.3 is 26.2 Å². The zero-order valence-electron chi connectivity index (χ0n) is 18.8. The number of rotatable bonds is 4. The summed E-state index contributed by atoms with van der Waals surface area (Å²) in [5.74, 6) is 0. The molecule has 0 N–H and O–H groups in total. The molecule has 158 valence electrons. The van der Waals surface area contributed by atoms with Crippen molar-refractivity contribution in [3.8, 4) is 0 Å². The predicted octanol–water partition coefficient (Wildman–Crippen LogP) is -0.356. The molecule has 0 nitrogen and oxygen atoms in total. The molecule has 1 unspecified atom stereocenters. The molecule has 1 atom stereocenters. The minimum atomic E-state index is -1.19. The zero-order chi connectivity index (χ0) is 19.9. The van der Waals surface area contributed by atoms with Gasteiger partial charge in [-0.1, -0.05) is 113 Å². The van der Waals surface area contributed by atoms with Crippen LogP contribution in [0.1, 0.15) is 38.3 Å². The van der Waals surface area contributed by atoms with Crippen molar-refractivity contribution in [3.63, 3.8) is 0 Å². The summed E-state index contributed by atoms with van der Waals surface area (Å²) in [6.07, 6.45) is 11.9. The van der Waals surface area contributed by atoms with Crippen LogP contribution in [-0.4, -0.2) is 8.80 Å². The first-order valence-electron chi connectivity index (χ1n) is 10.1. The molecule has 2 aliphatic rings. The number of halogens is 2. The molecule has 0 heterocycles. The van der Waals surface area contributed by atoms with Gasteiger partial charge in [0.1, 0.15) is 8.80 Å². The Labute approximate surface area is 221 Å². The van der Waals surface area contributed by atoms with E-state index in [1.165, 1.54) is 43.8 Å². The second-order valence-corrected chi connectivity index (χ2v) is 10.7. The maximum atomic E-state index is 4.04. The Morgan fingerprint density at radius 3 is 1.71 bits per heavy atom. The van der Waals surface area contributed by atoms with Crippen LogP contribution < -0.4 is 35.2 Å². The first-order valence-corrected chi connectivity index (χ1v) is 11.6. The van der Waals surface area contributed by atoms with E-state index in [1.54, 1.807) is 0 Å². The third kappa shape index (κ3) is 4.74. The van der Waals surface area contributed by atoms with E-state index in [4.69, 9.17) is 0 Å². The third-order valence-electron chi connectivity index (χ3n) is 6.52. The maximum absolute atomic E-state index is 4.04. The molecule has 0 aliphatic heterocycles. The van der Waals surface area contributed by atoms with Crippen LogP contribution in [0.3, 0.4) is 0 Å². The Balaban J connectivity index is 0.00000160. The Morgan fingerprint density at radius 2 is 1.32 bits per heavy atom. The molecule has 0 saturated carbocycles. The Morgan fingerprint density at radius 1 is 0.806 bits per heavy atom. The van der Waals surface area contributed by atoms with Gasteiger partial charge < -0.3 is 24.8 Å². The molecule has 2 aromatic rings. The van der Waals surface area contributed by atoms with Gasteiger partial charge in [0, 0.05) is 0 Å². The third-order valence-corrected chi connectivity index (χ3v) is 10.3. The molecular formula is C27H28Cl2SiZr. The van der Waals surface area contributed by atoms with Gasteiger partial charge in [0.2, 0.25) is 0 Å². The van der Waals surface area contributed by atoms with Crippen molar-refractivity contribution in [2.45, 2.75) is 46.1 Å². The van der Waals surface area contributed by atoms with Crippen LogP contribution in [0.15, 0.2) is 89.1 Å². The van der Waals surface area contributed by atoms with Gasteiger partial charge in [-0.25, -0.2) is 5.57 Å². The molecule has 0 amide bonds. The fourth-order valence-corrected chi connectivity index (χ4v) is 8.70. The average molecular weight is 543 g/mol. The maximum Gasteiger partial charge on any atom is 3.00 e. The summed E-state index contributed by atoms with van der Waals surface area (Å²) in [5, 5.41) is 2.88. The van der Waals surface area contributed by atoms with Crippen LogP contribution in [0.5, 0.6) is 0 Å². The zero-order valence-corrected chi connectivity index (χ0v) is 23.8. The molecule has 0 saturated heterocycles.